The largest absolute Gasteiger partial charge is 0.457 e. The molecule has 0 bridgehead atoms. The molecule has 0 aromatic heterocycles. The number of amides is 4. The Morgan fingerprint density at radius 3 is 2.00 bits per heavy atom. The topological polar surface area (TPSA) is 177 Å². The Hall–Kier alpha value is -4.43. The molecule has 0 aliphatic carbocycles. The number of unbranched alkanes of at least 4 members (excludes halogenated alkanes) is 3. The standard InChI is InChI=1S/C34H42N4O8S2/c1-23(19-37-31(41)22-47)7-16-29(39)38-20-30(40)35-17-5-3-4-6-18-36-33(42)26-10-8-25(9-11-26)32-28(21-46-34(32)43)24-12-14-27(15-13-24)48(2,44)45/h8-15,47H,1,3-7,16-22H2,2H3,(H,35,40)(H,36,42)(H,37,41)(H,38,39). The fraction of sp³-hybridized carbons (Fsp3) is 0.382. The van der Waals surface area contributed by atoms with Gasteiger partial charge < -0.3 is 26.0 Å². The van der Waals surface area contributed by atoms with Gasteiger partial charge in [0.15, 0.2) is 9.84 Å². The van der Waals surface area contributed by atoms with Gasteiger partial charge in [-0.2, -0.15) is 12.6 Å². The highest BCUT2D eigenvalue weighted by Gasteiger charge is 2.27. The fourth-order valence-corrected chi connectivity index (χ4v) is 5.48. The summed E-state index contributed by atoms with van der Waals surface area (Å²) in [5.41, 5.74) is 3.45. The van der Waals surface area contributed by atoms with Gasteiger partial charge in [0.05, 0.1) is 22.8 Å². The predicted molar refractivity (Wildman–Crippen MR) is 186 cm³/mol. The van der Waals surface area contributed by atoms with E-state index >= 15 is 0 Å². The summed E-state index contributed by atoms with van der Waals surface area (Å²) in [6, 6.07) is 12.9. The Morgan fingerprint density at radius 2 is 1.38 bits per heavy atom. The van der Waals surface area contributed by atoms with Crippen molar-refractivity contribution in [2.75, 3.05) is 44.8 Å². The highest BCUT2D eigenvalue weighted by molar-refractivity contribution is 7.90. The Morgan fingerprint density at radius 1 is 0.771 bits per heavy atom. The summed E-state index contributed by atoms with van der Waals surface area (Å²) in [4.78, 5) is 60.5. The zero-order valence-electron chi connectivity index (χ0n) is 26.9. The van der Waals surface area contributed by atoms with E-state index in [0.717, 1.165) is 31.9 Å². The molecule has 0 fully saturated rings. The number of nitrogens with one attached hydrogen (secondary N) is 4. The van der Waals surface area contributed by atoms with Crippen molar-refractivity contribution in [3.63, 3.8) is 0 Å². The molecule has 4 amide bonds. The van der Waals surface area contributed by atoms with E-state index in [1.807, 2.05) is 0 Å². The molecule has 0 atom stereocenters. The van der Waals surface area contributed by atoms with Crippen LogP contribution in [0.25, 0.3) is 11.1 Å². The predicted octanol–water partition coefficient (Wildman–Crippen LogP) is 2.46. The van der Waals surface area contributed by atoms with E-state index in [-0.39, 0.29) is 60.4 Å². The van der Waals surface area contributed by atoms with Gasteiger partial charge in [-0.25, -0.2) is 13.2 Å². The molecule has 48 heavy (non-hydrogen) atoms. The molecule has 3 rings (SSSR count). The average Bonchev–Trinajstić information content (AvgIpc) is 3.46. The van der Waals surface area contributed by atoms with E-state index in [1.165, 1.54) is 12.1 Å². The second-order valence-corrected chi connectivity index (χ2v) is 13.6. The molecule has 258 valence electrons. The van der Waals surface area contributed by atoms with Gasteiger partial charge in [-0.15, -0.1) is 0 Å². The first-order valence-corrected chi connectivity index (χ1v) is 18.1. The van der Waals surface area contributed by atoms with Crippen LogP contribution in [-0.2, 0) is 33.8 Å². The molecular formula is C34H42N4O8S2. The second kappa shape index (κ2) is 18.8. The van der Waals surface area contributed by atoms with Crippen LogP contribution >= 0.6 is 12.6 Å². The number of hydrogen-bond donors (Lipinski definition) is 5. The number of ether oxygens (including phenoxy) is 1. The highest BCUT2D eigenvalue weighted by Crippen LogP contribution is 2.33. The molecule has 4 N–H and O–H groups in total. The van der Waals surface area contributed by atoms with Crippen molar-refractivity contribution in [2.24, 2.45) is 0 Å². The molecule has 0 radical (unpaired) electrons. The maximum Gasteiger partial charge on any atom is 0.339 e. The number of hydrogen-bond acceptors (Lipinski definition) is 9. The van der Waals surface area contributed by atoms with Crippen LogP contribution in [0.1, 0.15) is 60.0 Å². The van der Waals surface area contributed by atoms with Gasteiger partial charge in [0.25, 0.3) is 5.91 Å². The van der Waals surface area contributed by atoms with Crippen LogP contribution < -0.4 is 21.3 Å². The molecule has 1 heterocycles. The van der Waals surface area contributed by atoms with Gasteiger partial charge in [0, 0.05) is 43.4 Å². The van der Waals surface area contributed by atoms with Crippen LogP contribution in [0.3, 0.4) is 0 Å². The Bertz CT molecular complexity index is 1640. The Balaban J connectivity index is 1.31. The minimum Gasteiger partial charge on any atom is -0.457 e. The molecule has 1 aliphatic heterocycles. The van der Waals surface area contributed by atoms with Crippen molar-refractivity contribution in [1.29, 1.82) is 0 Å². The lowest BCUT2D eigenvalue weighted by atomic mass is 9.96. The lowest BCUT2D eigenvalue weighted by Gasteiger charge is -2.09. The quantitative estimate of drug-likeness (QED) is 0.0643. The molecule has 0 saturated heterocycles. The van der Waals surface area contributed by atoms with Gasteiger partial charge in [0.2, 0.25) is 17.7 Å². The number of carbonyl (C=O) groups is 5. The zero-order valence-corrected chi connectivity index (χ0v) is 28.6. The van der Waals surface area contributed by atoms with Crippen molar-refractivity contribution in [3.05, 3.63) is 77.4 Å². The summed E-state index contributed by atoms with van der Waals surface area (Å²) in [7, 11) is -3.35. The molecule has 14 heteroatoms. The molecule has 0 saturated carbocycles. The first-order valence-electron chi connectivity index (χ1n) is 15.6. The number of thiol groups is 1. The summed E-state index contributed by atoms with van der Waals surface area (Å²) in [6.45, 7) is 5.02. The summed E-state index contributed by atoms with van der Waals surface area (Å²) >= 11 is 3.87. The van der Waals surface area contributed by atoms with Crippen molar-refractivity contribution in [2.45, 2.75) is 43.4 Å². The van der Waals surface area contributed by atoms with E-state index in [4.69, 9.17) is 4.74 Å². The van der Waals surface area contributed by atoms with E-state index < -0.39 is 15.8 Å². The fourth-order valence-electron chi connectivity index (χ4n) is 4.74. The summed E-state index contributed by atoms with van der Waals surface area (Å²) in [5, 5.41) is 10.9. The van der Waals surface area contributed by atoms with Crippen LogP contribution in [0, 0.1) is 0 Å². The maximum atomic E-state index is 12.6. The smallest absolute Gasteiger partial charge is 0.339 e. The number of sulfone groups is 1. The third kappa shape index (κ3) is 12.3. The Kier molecular flexibility index (Phi) is 14.9. The van der Waals surface area contributed by atoms with E-state index in [1.54, 1.807) is 36.4 Å². The number of benzene rings is 2. The van der Waals surface area contributed by atoms with E-state index in [9.17, 15) is 32.4 Å². The lowest BCUT2D eigenvalue weighted by Crippen LogP contribution is -2.37. The monoisotopic (exact) mass is 698 g/mol. The SMILES string of the molecule is C=C(CCC(=O)NCC(=O)NCCCCCCNC(=O)c1ccc(C2=C(c3ccc(S(C)(=O)=O)cc3)COC2=O)cc1)CNC(=O)CS. The minimum atomic E-state index is -3.35. The molecule has 1 aliphatic rings. The zero-order chi connectivity index (χ0) is 35.1. The van der Waals surface area contributed by atoms with Crippen LogP contribution in [-0.4, -0.2) is 82.8 Å². The minimum absolute atomic E-state index is 0.0680. The van der Waals surface area contributed by atoms with Gasteiger partial charge in [-0.3, -0.25) is 19.2 Å². The van der Waals surface area contributed by atoms with Crippen molar-refractivity contribution in [3.8, 4) is 0 Å². The third-order valence-electron chi connectivity index (χ3n) is 7.46. The number of carbonyl (C=O) groups excluding carboxylic acids is 5. The Labute approximate surface area is 286 Å². The normalized spacial score (nSPS) is 12.7. The van der Waals surface area contributed by atoms with Crippen LogP contribution in [0.2, 0.25) is 0 Å². The first-order chi connectivity index (χ1) is 22.9. The summed E-state index contributed by atoms with van der Waals surface area (Å²) < 4.78 is 28.8. The van der Waals surface area contributed by atoms with Gasteiger partial charge >= 0.3 is 5.97 Å². The maximum absolute atomic E-state index is 12.6. The van der Waals surface area contributed by atoms with E-state index in [0.29, 0.717) is 52.9 Å². The number of esters is 1. The van der Waals surface area contributed by atoms with E-state index in [2.05, 4.69) is 40.5 Å². The van der Waals surface area contributed by atoms with Crippen LogP contribution in [0.15, 0.2) is 65.6 Å². The molecule has 0 unspecified atom stereocenters. The molecular weight excluding hydrogens is 657 g/mol. The molecule has 2 aromatic rings. The second-order valence-electron chi connectivity index (χ2n) is 11.3. The third-order valence-corrected chi connectivity index (χ3v) is 8.88. The van der Waals surface area contributed by atoms with Crippen LogP contribution in [0.4, 0.5) is 0 Å². The van der Waals surface area contributed by atoms with Gasteiger partial charge in [0.1, 0.15) is 6.61 Å². The van der Waals surface area contributed by atoms with Crippen molar-refractivity contribution < 1.29 is 37.1 Å². The molecule has 2 aromatic carbocycles. The summed E-state index contributed by atoms with van der Waals surface area (Å²) in [6.07, 6.45) is 4.94. The molecule has 12 nitrogen and oxygen atoms in total. The molecule has 0 spiro atoms. The van der Waals surface area contributed by atoms with Gasteiger partial charge in [-0.05, 0) is 54.7 Å². The highest BCUT2D eigenvalue weighted by atomic mass is 32.2. The number of cyclic esters (lactones) is 1. The lowest BCUT2D eigenvalue weighted by molar-refractivity contribution is -0.134. The van der Waals surface area contributed by atoms with Crippen LogP contribution in [0.5, 0.6) is 0 Å². The first kappa shape index (κ1) is 38.0. The van der Waals surface area contributed by atoms with Gasteiger partial charge in [-0.1, -0.05) is 49.3 Å². The van der Waals surface area contributed by atoms with Crippen molar-refractivity contribution >= 4 is 63.2 Å². The summed E-state index contributed by atoms with van der Waals surface area (Å²) in [5.74, 6) is -1.40. The number of rotatable bonds is 19. The average molecular weight is 699 g/mol. The van der Waals surface area contributed by atoms with Crippen molar-refractivity contribution in [1.82, 2.24) is 21.3 Å².